The van der Waals surface area contributed by atoms with E-state index in [9.17, 15) is 24.2 Å². The van der Waals surface area contributed by atoms with Gasteiger partial charge in [-0.3, -0.25) is 9.59 Å². The molecule has 0 unspecified atom stereocenters. The van der Waals surface area contributed by atoms with Gasteiger partial charge < -0.3 is 15.2 Å². The lowest BCUT2D eigenvalue weighted by atomic mass is 9.93. The Labute approximate surface area is 111 Å². The number of aromatic amines is 1. The number of aromatic nitrogens is 1. The summed E-state index contributed by atoms with van der Waals surface area (Å²) in [5, 5.41) is 19.3. The number of hydrogen-bond donors (Lipinski definition) is 3. The highest BCUT2D eigenvalue weighted by atomic mass is 19.1. The van der Waals surface area contributed by atoms with Crippen molar-refractivity contribution in [1.29, 1.82) is 0 Å². The summed E-state index contributed by atoms with van der Waals surface area (Å²) in [4.78, 5) is 26.1. The van der Waals surface area contributed by atoms with E-state index < -0.39 is 34.5 Å². The third-order valence-corrected chi connectivity index (χ3v) is 3.12. The molecule has 0 saturated carbocycles. The molecule has 0 saturated heterocycles. The summed E-state index contributed by atoms with van der Waals surface area (Å²) in [5.74, 6) is -4.02. The second-order valence-corrected chi connectivity index (χ2v) is 4.31. The fraction of sp³-hybridized carbons (Fsp3) is 0. The highest BCUT2D eigenvalue weighted by Gasteiger charge is 2.31. The zero-order valence-corrected chi connectivity index (χ0v) is 9.98. The van der Waals surface area contributed by atoms with Gasteiger partial charge >= 0.3 is 0 Å². The molecule has 1 aliphatic carbocycles. The van der Waals surface area contributed by atoms with Gasteiger partial charge in [0.05, 0.1) is 5.57 Å². The maximum absolute atomic E-state index is 13.9. The van der Waals surface area contributed by atoms with Crippen molar-refractivity contribution in [3.05, 3.63) is 53.4 Å². The van der Waals surface area contributed by atoms with Crippen molar-refractivity contribution in [1.82, 2.24) is 4.98 Å². The minimum Gasteiger partial charge on any atom is -0.504 e. The number of allylic oxidation sites excluding steroid dienone is 2. The predicted molar refractivity (Wildman–Crippen MR) is 68.5 cm³/mol. The molecule has 1 aromatic carbocycles. The quantitative estimate of drug-likeness (QED) is 0.694. The third kappa shape index (κ3) is 1.55. The number of aliphatic hydroxyl groups is 2. The van der Waals surface area contributed by atoms with E-state index in [2.05, 4.69) is 4.98 Å². The first kappa shape index (κ1) is 12.2. The molecule has 6 heteroatoms. The molecular weight excluding hydrogens is 265 g/mol. The van der Waals surface area contributed by atoms with Gasteiger partial charge in [-0.2, -0.15) is 0 Å². The number of ketones is 2. The fourth-order valence-corrected chi connectivity index (χ4v) is 2.20. The van der Waals surface area contributed by atoms with Crippen LogP contribution in [0.25, 0.3) is 16.5 Å². The van der Waals surface area contributed by atoms with Crippen LogP contribution in [0.4, 0.5) is 4.39 Å². The van der Waals surface area contributed by atoms with E-state index in [0.29, 0.717) is 11.6 Å². The Morgan fingerprint density at radius 2 is 1.90 bits per heavy atom. The standard InChI is InChI=1S/C14H8FNO4/c15-7-2-1-3-8-11(7)6(5-16-8)12-13(19)9(17)4-10(18)14(12)20/h1-5,16-17,20H. The van der Waals surface area contributed by atoms with Crippen LogP contribution >= 0.6 is 0 Å². The molecule has 0 spiro atoms. The minimum absolute atomic E-state index is 0.0357. The number of benzene rings is 1. The zero-order chi connectivity index (χ0) is 14.4. The highest BCUT2D eigenvalue weighted by Crippen LogP contribution is 2.32. The molecule has 0 radical (unpaired) electrons. The number of carbonyl (C=O) groups is 2. The summed E-state index contributed by atoms with van der Waals surface area (Å²) in [5.41, 5.74) is 0.0366. The number of nitrogens with one attached hydrogen (secondary N) is 1. The van der Waals surface area contributed by atoms with E-state index in [1.165, 1.54) is 18.3 Å². The van der Waals surface area contributed by atoms with Crippen molar-refractivity contribution in [2.75, 3.05) is 0 Å². The maximum atomic E-state index is 13.9. The van der Waals surface area contributed by atoms with E-state index >= 15 is 0 Å². The van der Waals surface area contributed by atoms with Gasteiger partial charge in [0, 0.05) is 28.7 Å². The summed E-state index contributed by atoms with van der Waals surface area (Å²) >= 11 is 0. The van der Waals surface area contributed by atoms with Crippen molar-refractivity contribution < 1.29 is 24.2 Å². The monoisotopic (exact) mass is 273 g/mol. The molecule has 2 aromatic rings. The summed E-state index contributed by atoms with van der Waals surface area (Å²) in [6.45, 7) is 0. The average Bonchev–Trinajstić information content (AvgIpc) is 2.82. The second-order valence-electron chi connectivity index (χ2n) is 4.31. The van der Waals surface area contributed by atoms with Crippen molar-refractivity contribution >= 4 is 28.0 Å². The Morgan fingerprint density at radius 1 is 1.15 bits per heavy atom. The molecule has 0 aliphatic heterocycles. The molecule has 1 aromatic heterocycles. The molecule has 3 rings (SSSR count). The van der Waals surface area contributed by atoms with Gasteiger partial charge in [0.25, 0.3) is 0 Å². The molecule has 100 valence electrons. The zero-order valence-electron chi connectivity index (χ0n) is 9.98. The van der Waals surface area contributed by atoms with Crippen LogP contribution < -0.4 is 0 Å². The number of fused-ring (bicyclic) bond motifs is 1. The molecule has 20 heavy (non-hydrogen) atoms. The van der Waals surface area contributed by atoms with Crippen LogP contribution in [0.1, 0.15) is 5.56 Å². The van der Waals surface area contributed by atoms with Gasteiger partial charge in [-0.25, -0.2) is 4.39 Å². The first-order chi connectivity index (χ1) is 9.50. The Hall–Kier alpha value is -2.89. The van der Waals surface area contributed by atoms with Crippen molar-refractivity contribution in [3.8, 4) is 0 Å². The van der Waals surface area contributed by atoms with E-state index in [1.807, 2.05) is 0 Å². The highest BCUT2D eigenvalue weighted by molar-refractivity contribution is 6.38. The number of H-pyrrole nitrogens is 1. The summed E-state index contributed by atoms with van der Waals surface area (Å²) in [6.07, 6.45) is 1.94. The SMILES string of the molecule is O=C1C=C(O)C(=O)C(c2c[nH]c3cccc(F)c23)=C1O. The molecule has 3 N–H and O–H groups in total. The summed E-state index contributed by atoms with van der Waals surface area (Å²) in [6, 6.07) is 4.27. The normalized spacial score (nSPS) is 15.9. The predicted octanol–water partition coefficient (Wildman–Crippen LogP) is 2.17. The largest absolute Gasteiger partial charge is 0.504 e. The lowest BCUT2D eigenvalue weighted by Gasteiger charge is -2.11. The van der Waals surface area contributed by atoms with Gasteiger partial charge in [-0.1, -0.05) is 6.07 Å². The van der Waals surface area contributed by atoms with Crippen LogP contribution in [0.15, 0.2) is 42.0 Å². The lowest BCUT2D eigenvalue weighted by Crippen LogP contribution is -2.18. The van der Waals surface area contributed by atoms with Crippen molar-refractivity contribution in [2.45, 2.75) is 0 Å². The third-order valence-electron chi connectivity index (χ3n) is 3.12. The Morgan fingerprint density at radius 3 is 2.65 bits per heavy atom. The summed E-state index contributed by atoms with van der Waals surface area (Å²) in [7, 11) is 0. The van der Waals surface area contributed by atoms with Gasteiger partial charge in [0.2, 0.25) is 11.6 Å². The number of aliphatic hydroxyl groups excluding tert-OH is 2. The molecule has 0 amide bonds. The smallest absolute Gasteiger partial charge is 0.231 e. The molecule has 1 aliphatic rings. The van der Waals surface area contributed by atoms with Crippen molar-refractivity contribution in [3.63, 3.8) is 0 Å². The van der Waals surface area contributed by atoms with Gasteiger partial charge in [-0.15, -0.1) is 0 Å². The van der Waals surface area contributed by atoms with Crippen LogP contribution in [0.3, 0.4) is 0 Å². The number of rotatable bonds is 1. The molecule has 0 atom stereocenters. The van der Waals surface area contributed by atoms with Crippen LogP contribution in [-0.4, -0.2) is 26.8 Å². The lowest BCUT2D eigenvalue weighted by molar-refractivity contribution is -0.117. The van der Waals surface area contributed by atoms with Gasteiger partial charge in [0.1, 0.15) is 5.82 Å². The topological polar surface area (TPSA) is 90.4 Å². The van der Waals surface area contributed by atoms with E-state index in [-0.39, 0.29) is 10.9 Å². The molecule has 0 bridgehead atoms. The Bertz CT molecular complexity index is 829. The molecule has 1 heterocycles. The number of halogens is 1. The van der Waals surface area contributed by atoms with E-state index in [0.717, 1.165) is 0 Å². The average molecular weight is 273 g/mol. The van der Waals surface area contributed by atoms with Gasteiger partial charge in [0.15, 0.2) is 11.5 Å². The maximum Gasteiger partial charge on any atom is 0.231 e. The van der Waals surface area contributed by atoms with Crippen LogP contribution in [-0.2, 0) is 9.59 Å². The van der Waals surface area contributed by atoms with E-state index in [1.54, 1.807) is 6.07 Å². The number of Topliss-reactive ketones (excluding diaryl/α,β-unsaturated/α-hetero) is 1. The van der Waals surface area contributed by atoms with Crippen LogP contribution in [0, 0.1) is 5.82 Å². The van der Waals surface area contributed by atoms with Gasteiger partial charge in [-0.05, 0) is 12.1 Å². The van der Waals surface area contributed by atoms with Crippen LogP contribution in [0.5, 0.6) is 0 Å². The minimum atomic E-state index is -0.925. The van der Waals surface area contributed by atoms with Crippen LogP contribution in [0.2, 0.25) is 0 Å². The number of hydrogen-bond acceptors (Lipinski definition) is 4. The van der Waals surface area contributed by atoms with Crippen molar-refractivity contribution in [2.24, 2.45) is 0 Å². The summed E-state index contributed by atoms with van der Waals surface area (Å²) < 4.78 is 13.9. The molecular formula is C14H8FNO4. The first-order valence-corrected chi connectivity index (χ1v) is 5.69. The Kier molecular flexibility index (Phi) is 2.47. The Balaban J connectivity index is 2.33. The molecule has 0 fully saturated rings. The van der Waals surface area contributed by atoms with E-state index in [4.69, 9.17) is 0 Å². The molecule has 5 nitrogen and oxygen atoms in total. The fourth-order valence-electron chi connectivity index (χ4n) is 2.20. The number of carbonyl (C=O) groups excluding carboxylic acids is 2. The first-order valence-electron chi connectivity index (χ1n) is 5.69. The second kappa shape index (κ2) is 4.06.